The molecule has 0 radical (unpaired) electrons. The van der Waals surface area contributed by atoms with Gasteiger partial charge in [0.2, 0.25) is 0 Å². The van der Waals surface area contributed by atoms with Crippen LogP contribution in [-0.2, 0) is 6.42 Å². The Hall–Kier alpha value is -7.67. The molecule has 0 bridgehead atoms. The van der Waals surface area contributed by atoms with Gasteiger partial charge in [-0.3, -0.25) is 33.0 Å². The highest BCUT2D eigenvalue weighted by Crippen LogP contribution is 2.31. The van der Waals surface area contributed by atoms with E-state index in [-0.39, 0.29) is 28.3 Å². The van der Waals surface area contributed by atoms with Gasteiger partial charge in [-0.15, -0.1) is 6.42 Å². The minimum atomic E-state index is -0.381. The van der Waals surface area contributed by atoms with Gasteiger partial charge in [-0.05, 0) is 121 Å². The number of piperazine rings is 1. The highest BCUT2D eigenvalue weighted by molar-refractivity contribution is 6.33. The fourth-order valence-corrected chi connectivity index (χ4v) is 11.0. The summed E-state index contributed by atoms with van der Waals surface area (Å²) in [4.78, 5) is 56.5. The smallest absolute Gasteiger partial charge is 0.258 e. The first kappa shape index (κ1) is 61.9. The Bertz CT molecular complexity index is 3560. The third-order valence-electron chi connectivity index (χ3n) is 14.8. The first-order valence-electron chi connectivity index (χ1n) is 28.8. The van der Waals surface area contributed by atoms with Crippen LogP contribution in [0.1, 0.15) is 117 Å². The Morgan fingerprint density at radius 1 is 0.622 bits per heavy atom. The predicted octanol–water partition coefficient (Wildman–Crippen LogP) is 12.6. The van der Waals surface area contributed by atoms with Crippen molar-refractivity contribution in [3.05, 3.63) is 196 Å². The lowest BCUT2D eigenvalue weighted by molar-refractivity contribution is 0.287. The minimum Gasteiger partial charge on any atom is -0.382 e. The number of terminal acetylenes is 1. The zero-order chi connectivity index (χ0) is 58.9. The van der Waals surface area contributed by atoms with Crippen molar-refractivity contribution in [2.45, 2.75) is 120 Å². The lowest BCUT2D eigenvalue weighted by atomic mass is 10.1. The predicted molar refractivity (Wildman–Crippen MR) is 332 cm³/mol. The molecule has 2 aliphatic rings. The SMILES string of the molecule is C#CCN1CCN(c2ccc(-n3c(C)nc(C)cc3=O)cc2F)CC1.CCCCCCN(CCCCCC)c1ccc(-n2c(C)nc(C)cc2=O)cc1Cl.Cc1cc(=O)n(-c2ccc(NCCC3=Cc4ccccc4C3)c(F)c2)c(C)n1. The van der Waals surface area contributed by atoms with Crippen molar-refractivity contribution >= 4 is 34.7 Å². The molecule has 9 rings (SSSR count). The Labute approximate surface area is 487 Å². The zero-order valence-electron chi connectivity index (χ0n) is 49.0. The topological polar surface area (TPSA) is 126 Å². The third kappa shape index (κ3) is 16.5. The maximum atomic E-state index is 14.7. The van der Waals surface area contributed by atoms with Crippen LogP contribution in [0.4, 0.5) is 25.8 Å². The molecule has 432 valence electrons. The first-order valence-corrected chi connectivity index (χ1v) is 29.1. The van der Waals surface area contributed by atoms with E-state index in [4.69, 9.17) is 18.0 Å². The molecule has 0 atom stereocenters. The zero-order valence-corrected chi connectivity index (χ0v) is 49.8. The van der Waals surface area contributed by atoms with Gasteiger partial charge >= 0.3 is 0 Å². The quantitative estimate of drug-likeness (QED) is 0.0582. The standard InChI is InChI=1S/C24H36ClN3O.C23H22FN3O.C19H21FN4O/c1-5-7-9-11-15-27(16-12-10-8-6-2)23-14-13-21(18-22(23)25)28-20(4)26-19(3)17-24(28)29;1-15-11-23(28)27(16(2)26-15)20-7-8-22(21(24)14-20)25-10-9-17-12-18-5-3-4-6-19(18)13-17;1-4-7-22-8-10-23(11-9-22)18-6-5-16(13-17(18)20)24-15(3)21-14(2)12-19(24)25/h13-14,17-18H,5-12,15-16H2,1-4H3;3-8,11-12,14,25H,9-10,13H2,1-2H3;1,5-6,12-13H,7-11H2,2-3H3. The van der Waals surface area contributed by atoms with Gasteiger partial charge in [0.15, 0.2) is 0 Å². The molecule has 1 aliphatic heterocycles. The number of hydrogen-bond acceptors (Lipinski definition) is 10. The van der Waals surface area contributed by atoms with Gasteiger partial charge in [-0.25, -0.2) is 23.7 Å². The molecule has 0 saturated carbocycles. The van der Waals surface area contributed by atoms with Gasteiger partial charge < -0.3 is 15.1 Å². The van der Waals surface area contributed by atoms with E-state index < -0.39 is 0 Å². The van der Waals surface area contributed by atoms with Gasteiger partial charge in [-0.2, -0.15) is 0 Å². The van der Waals surface area contributed by atoms with Gasteiger partial charge in [0.1, 0.15) is 29.1 Å². The molecule has 1 N–H and O–H groups in total. The molecule has 0 unspecified atom stereocenters. The van der Waals surface area contributed by atoms with Crippen LogP contribution >= 0.6 is 11.6 Å². The molecule has 4 heterocycles. The molecule has 0 amide bonds. The number of halogens is 3. The van der Waals surface area contributed by atoms with E-state index in [1.54, 1.807) is 62.6 Å². The van der Waals surface area contributed by atoms with Crippen molar-refractivity contribution in [2.75, 3.05) is 67.5 Å². The van der Waals surface area contributed by atoms with E-state index in [2.05, 4.69) is 80.2 Å². The minimum absolute atomic E-state index is 0.0743. The van der Waals surface area contributed by atoms with Crippen molar-refractivity contribution in [3.8, 4) is 29.4 Å². The number of benzene rings is 4. The van der Waals surface area contributed by atoms with Crippen LogP contribution in [-0.4, -0.2) is 85.9 Å². The van der Waals surface area contributed by atoms with E-state index in [1.807, 2.05) is 36.9 Å². The van der Waals surface area contributed by atoms with Gasteiger partial charge in [0.05, 0.1) is 45.7 Å². The summed E-state index contributed by atoms with van der Waals surface area (Å²) in [5.74, 6) is 3.68. The largest absolute Gasteiger partial charge is 0.382 e. The van der Waals surface area contributed by atoms with Crippen molar-refractivity contribution < 1.29 is 8.78 Å². The molecular weight excluding hydrogens is 1050 g/mol. The summed E-state index contributed by atoms with van der Waals surface area (Å²) in [6.45, 7) is 21.6. The Kier molecular flexibility index (Phi) is 22.6. The highest BCUT2D eigenvalue weighted by Gasteiger charge is 2.21. The number of aryl methyl sites for hydroxylation is 6. The number of nitrogens with zero attached hydrogens (tertiary/aromatic N) is 9. The van der Waals surface area contributed by atoms with E-state index in [0.29, 0.717) is 69.7 Å². The summed E-state index contributed by atoms with van der Waals surface area (Å²) in [6, 6.07) is 28.4. The normalized spacial score (nSPS) is 12.9. The van der Waals surface area contributed by atoms with Crippen molar-refractivity contribution in [3.63, 3.8) is 0 Å². The molecule has 7 aromatic rings. The molecule has 0 spiro atoms. The van der Waals surface area contributed by atoms with E-state index in [1.165, 1.54) is 101 Å². The number of nitrogens with one attached hydrogen (secondary N) is 1. The van der Waals surface area contributed by atoms with Gasteiger partial charge in [-0.1, -0.05) is 106 Å². The van der Waals surface area contributed by atoms with Crippen LogP contribution in [0.3, 0.4) is 0 Å². The first-order chi connectivity index (χ1) is 39.5. The Morgan fingerprint density at radius 2 is 1.13 bits per heavy atom. The van der Waals surface area contributed by atoms with E-state index in [0.717, 1.165) is 69.2 Å². The van der Waals surface area contributed by atoms with E-state index >= 15 is 0 Å². The number of unbranched alkanes of at least 4 members (excludes halogenated alkanes) is 6. The second-order valence-corrected chi connectivity index (χ2v) is 21.6. The molecule has 16 heteroatoms. The summed E-state index contributed by atoms with van der Waals surface area (Å²) in [5, 5.41) is 3.86. The van der Waals surface area contributed by atoms with Crippen molar-refractivity contribution in [2.24, 2.45) is 0 Å². The number of anilines is 3. The number of aromatic nitrogens is 6. The van der Waals surface area contributed by atoms with Crippen LogP contribution in [0, 0.1) is 65.5 Å². The summed E-state index contributed by atoms with van der Waals surface area (Å²) in [7, 11) is 0. The van der Waals surface area contributed by atoms with Gasteiger partial charge in [0.25, 0.3) is 16.7 Å². The number of fused-ring (bicyclic) bond motifs is 1. The van der Waals surface area contributed by atoms with E-state index in [9.17, 15) is 23.2 Å². The van der Waals surface area contributed by atoms with Crippen LogP contribution < -0.4 is 31.8 Å². The number of rotatable bonds is 20. The molecule has 1 aliphatic carbocycles. The molecule has 1 saturated heterocycles. The molecule has 82 heavy (non-hydrogen) atoms. The lowest BCUT2D eigenvalue weighted by Crippen LogP contribution is -2.46. The second-order valence-electron chi connectivity index (χ2n) is 21.2. The van der Waals surface area contributed by atoms with Crippen LogP contribution in [0.15, 0.2) is 117 Å². The second kappa shape index (κ2) is 29.9. The van der Waals surface area contributed by atoms with Crippen LogP contribution in [0.5, 0.6) is 0 Å². The molecule has 1 fully saturated rings. The fraction of sp³-hybridized carbons (Fsp3) is 0.394. The molecule has 4 aromatic carbocycles. The monoisotopic (exact) mass is 1130 g/mol. The fourth-order valence-electron chi connectivity index (χ4n) is 10.7. The summed E-state index contributed by atoms with van der Waals surface area (Å²) in [6.07, 6.45) is 19.3. The van der Waals surface area contributed by atoms with Gasteiger partial charge in [0, 0.05) is 93.2 Å². The average molecular weight is 1130 g/mol. The number of hydrogen-bond donors (Lipinski definition) is 1. The van der Waals surface area contributed by atoms with Crippen molar-refractivity contribution in [1.82, 2.24) is 33.6 Å². The van der Waals surface area contributed by atoms with Crippen LogP contribution in [0.2, 0.25) is 5.02 Å². The molecule has 3 aromatic heterocycles. The summed E-state index contributed by atoms with van der Waals surface area (Å²) >= 11 is 6.71. The Balaban J connectivity index is 0.000000178. The highest BCUT2D eigenvalue weighted by atomic mass is 35.5. The maximum absolute atomic E-state index is 14.7. The van der Waals surface area contributed by atoms with Crippen LogP contribution in [0.25, 0.3) is 23.1 Å². The molecular formula is C66H79ClF2N10O3. The Morgan fingerprint density at radius 3 is 1.62 bits per heavy atom. The summed E-state index contributed by atoms with van der Waals surface area (Å²) in [5.41, 5.74) is 9.31. The third-order valence-corrected chi connectivity index (χ3v) is 15.1. The lowest BCUT2D eigenvalue weighted by Gasteiger charge is -2.35. The molecule has 13 nitrogen and oxygen atoms in total. The maximum Gasteiger partial charge on any atom is 0.258 e. The van der Waals surface area contributed by atoms with Crippen molar-refractivity contribution in [1.29, 1.82) is 0 Å². The summed E-state index contributed by atoms with van der Waals surface area (Å²) < 4.78 is 33.7. The average Bonchev–Trinajstić information content (AvgIpc) is 3.87.